The Morgan fingerprint density at radius 2 is 1.66 bits per heavy atom. The number of nitrogens with zero attached hydrogens (tertiary/aromatic N) is 1. The molecule has 0 radical (unpaired) electrons. The monoisotopic (exact) mass is 409 g/mol. The third-order valence-electron chi connectivity index (χ3n) is 4.63. The molecule has 0 saturated carbocycles. The van der Waals surface area contributed by atoms with Gasteiger partial charge in [-0.15, -0.1) is 0 Å². The third kappa shape index (κ3) is 4.96. The Labute approximate surface area is 171 Å². The molecule has 3 aromatic carbocycles. The molecule has 1 aliphatic heterocycles. The SMILES string of the molecule is Cc1ccc(CS(=O)(=O)N(c2ccccc2)c2cccc(OCC3CO3)c2)cc1. The number of hydrogen-bond donors (Lipinski definition) is 0. The van der Waals surface area contributed by atoms with Crippen molar-refractivity contribution in [1.82, 2.24) is 0 Å². The number of epoxide rings is 1. The van der Waals surface area contributed by atoms with Crippen LogP contribution in [0.3, 0.4) is 0 Å². The highest BCUT2D eigenvalue weighted by molar-refractivity contribution is 7.92. The van der Waals surface area contributed by atoms with Crippen molar-refractivity contribution in [3.05, 3.63) is 90.0 Å². The summed E-state index contributed by atoms with van der Waals surface area (Å²) in [6.45, 7) is 3.15. The minimum Gasteiger partial charge on any atom is -0.491 e. The van der Waals surface area contributed by atoms with E-state index in [0.29, 0.717) is 30.3 Å². The van der Waals surface area contributed by atoms with Crippen LogP contribution in [-0.2, 0) is 20.5 Å². The molecule has 0 amide bonds. The van der Waals surface area contributed by atoms with Gasteiger partial charge in [0, 0.05) is 6.07 Å². The fraction of sp³-hybridized carbons (Fsp3) is 0.217. The van der Waals surface area contributed by atoms with Gasteiger partial charge >= 0.3 is 0 Å². The van der Waals surface area contributed by atoms with Gasteiger partial charge in [0.25, 0.3) is 0 Å². The molecule has 29 heavy (non-hydrogen) atoms. The second-order valence-corrected chi connectivity index (χ2v) is 8.92. The van der Waals surface area contributed by atoms with Crippen molar-refractivity contribution in [3.8, 4) is 5.75 Å². The number of aryl methyl sites for hydroxylation is 1. The van der Waals surface area contributed by atoms with E-state index in [1.165, 1.54) is 4.31 Å². The van der Waals surface area contributed by atoms with Crippen LogP contribution in [0.4, 0.5) is 11.4 Å². The van der Waals surface area contributed by atoms with Crippen LogP contribution in [0.2, 0.25) is 0 Å². The van der Waals surface area contributed by atoms with Crippen molar-refractivity contribution in [2.45, 2.75) is 18.8 Å². The van der Waals surface area contributed by atoms with Crippen molar-refractivity contribution in [2.75, 3.05) is 17.5 Å². The van der Waals surface area contributed by atoms with E-state index in [1.807, 2.05) is 55.5 Å². The quantitative estimate of drug-likeness (QED) is 0.516. The zero-order valence-corrected chi connectivity index (χ0v) is 17.0. The molecular formula is C23H23NO4S. The van der Waals surface area contributed by atoms with Gasteiger partial charge in [0.05, 0.1) is 23.7 Å². The van der Waals surface area contributed by atoms with Crippen molar-refractivity contribution in [2.24, 2.45) is 0 Å². The zero-order valence-electron chi connectivity index (χ0n) is 16.2. The van der Waals surface area contributed by atoms with E-state index in [2.05, 4.69) is 0 Å². The normalized spacial score (nSPS) is 15.7. The fourth-order valence-electron chi connectivity index (χ4n) is 3.05. The van der Waals surface area contributed by atoms with Gasteiger partial charge in [-0.2, -0.15) is 0 Å². The van der Waals surface area contributed by atoms with Crippen LogP contribution >= 0.6 is 0 Å². The smallest absolute Gasteiger partial charge is 0.243 e. The number of anilines is 2. The molecule has 0 bridgehead atoms. The van der Waals surface area contributed by atoms with E-state index >= 15 is 0 Å². The molecular weight excluding hydrogens is 386 g/mol. The Hall–Kier alpha value is -2.83. The van der Waals surface area contributed by atoms with Gasteiger partial charge in [0.1, 0.15) is 18.5 Å². The number of rotatable bonds is 8. The summed E-state index contributed by atoms with van der Waals surface area (Å²) in [6.07, 6.45) is 0.133. The lowest BCUT2D eigenvalue weighted by atomic mass is 10.2. The van der Waals surface area contributed by atoms with Crippen molar-refractivity contribution in [3.63, 3.8) is 0 Å². The topological polar surface area (TPSA) is 59.1 Å². The minimum absolute atomic E-state index is 0.0941. The predicted molar refractivity (Wildman–Crippen MR) is 114 cm³/mol. The largest absolute Gasteiger partial charge is 0.491 e. The second-order valence-electron chi connectivity index (χ2n) is 7.11. The molecule has 5 nitrogen and oxygen atoms in total. The van der Waals surface area contributed by atoms with E-state index in [0.717, 1.165) is 11.1 Å². The highest BCUT2D eigenvalue weighted by atomic mass is 32.2. The standard InChI is InChI=1S/C23H23NO4S/c1-18-10-12-19(13-11-18)17-29(25,26)24(20-6-3-2-4-7-20)21-8-5-9-22(14-21)27-15-23-16-28-23/h2-14,23H,15-17H2,1H3. The van der Waals surface area contributed by atoms with Crippen LogP contribution in [0.5, 0.6) is 5.75 Å². The van der Waals surface area contributed by atoms with Crippen molar-refractivity contribution < 1.29 is 17.9 Å². The first-order chi connectivity index (χ1) is 14.0. The van der Waals surface area contributed by atoms with E-state index in [9.17, 15) is 8.42 Å². The van der Waals surface area contributed by atoms with Crippen molar-refractivity contribution >= 4 is 21.4 Å². The van der Waals surface area contributed by atoms with Crippen LogP contribution in [0.25, 0.3) is 0 Å². The van der Waals surface area contributed by atoms with Gasteiger partial charge in [-0.05, 0) is 36.8 Å². The molecule has 0 spiro atoms. The minimum atomic E-state index is -3.68. The Kier molecular flexibility index (Phi) is 5.56. The van der Waals surface area contributed by atoms with E-state index in [1.54, 1.807) is 30.3 Å². The average Bonchev–Trinajstić information content (AvgIpc) is 3.54. The summed E-state index contributed by atoms with van der Waals surface area (Å²) < 4.78 is 39.2. The van der Waals surface area contributed by atoms with Crippen molar-refractivity contribution in [1.29, 1.82) is 0 Å². The Morgan fingerprint density at radius 3 is 2.34 bits per heavy atom. The molecule has 1 saturated heterocycles. The van der Waals surface area contributed by atoms with Crippen LogP contribution in [0, 0.1) is 6.92 Å². The molecule has 4 rings (SSSR count). The summed E-state index contributed by atoms with van der Waals surface area (Å²) in [5, 5.41) is 0. The molecule has 1 heterocycles. The van der Waals surface area contributed by atoms with Gasteiger partial charge in [-0.25, -0.2) is 12.7 Å². The highest BCUT2D eigenvalue weighted by Gasteiger charge is 2.26. The molecule has 1 unspecified atom stereocenters. The first-order valence-electron chi connectivity index (χ1n) is 9.49. The second kappa shape index (κ2) is 8.27. The fourth-order valence-corrected chi connectivity index (χ4v) is 4.67. The first-order valence-corrected chi connectivity index (χ1v) is 11.1. The van der Waals surface area contributed by atoms with Gasteiger partial charge < -0.3 is 9.47 Å². The van der Waals surface area contributed by atoms with Crippen LogP contribution in [-0.4, -0.2) is 27.7 Å². The maximum Gasteiger partial charge on any atom is 0.243 e. The summed E-state index contributed by atoms with van der Waals surface area (Å²) in [6, 6.07) is 23.8. The number of para-hydroxylation sites is 1. The maximum absolute atomic E-state index is 13.4. The summed E-state index contributed by atoms with van der Waals surface area (Å²) in [5.41, 5.74) is 2.96. The van der Waals surface area contributed by atoms with E-state index < -0.39 is 10.0 Å². The average molecular weight is 410 g/mol. The zero-order chi connectivity index (χ0) is 20.3. The van der Waals surface area contributed by atoms with Gasteiger partial charge in [0.2, 0.25) is 10.0 Å². The van der Waals surface area contributed by atoms with Crippen LogP contribution in [0.15, 0.2) is 78.9 Å². The van der Waals surface area contributed by atoms with Gasteiger partial charge in [0.15, 0.2) is 0 Å². The summed E-state index contributed by atoms with van der Waals surface area (Å²) in [7, 11) is -3.68. The number of sulfonamides is 1. The third-order valence-corrected chi connectivity index (χ3v) is 6.31. The Balaban J connectivity index is 1.68. The number of hydrogen-bond acceptors (Lipinski definition) is 4. The summed E-state index contributed by atoms with van der Waals surface area (Å²) >= 11 is 0. The molecule has 1 fully saturated rings. The molecule has 1 atom stereocenters. The Bertz CT molecular complexity index is 1060. The van der Waals surface area contributed by atoms with E-state index in [4.69, 9.17) is 9.47 Å². The molecule has 0 N–H and O–H groups in total. The van der Waals surface area contributed by atoms with Gasteiger partial charge in [-0.1, -0.05) is 54.1 Å². The Morgan fingerprint density at radius 1 is 0.966 bits per heavy atom. The lowest BCUT2D eigenvalue weighted by Gasteiger charge is -2.25. The first kappa shape index (κ1) is 19.5. The maximum atomic E-state index is 13.4. The molecule has 0 aliphatic carbocycles. The number of ether oxygens (including phenoxy) is 2. The molecule has 3 aromatic rings. The van der Waals surface area contributed by atoms with Crippen LogP contribution < -0.4 is 9.04 Å². The molecule has 1 aliphatic rings. The molecule has 6 heteroatoms. The predicted octanol–water partition coefficient (Wildman–Crippen LogP) is 4.44. The van der Waals surface area contributed by atoms with Gasteiger partial charge in [-0.3, -0.25) is 0 Å². The molecule has 150 valence electrons. The lowest BCUT2D eigenvalue weighted by Crippen LogP contribution is -2.27. The summed E-state index contributed by atoms with van der Waals surface area (Å²) in [4.78, 5) is 0. The number of benzene rings is 3. The molecule has 0 aromatic heterocycles. The highest BCUT2D eigenvalue weighted by Crippen LogP contribution is 2.33. The van der Waals surface area contributed by atoms with E-state index in [-0.39, 0.29) is 11.9 Å². The lowest BCUT2D eigenvalue weighted by molar-refractivity contribution is 0.263. The summed E-state index contributed by atoms with van der Waals surface area (Å²) in [5.74, 6) is 0.521. The van der Waals surface area contributed by atoms with Crippen LogP contribution in [0.1, 0.15) is 11.1 Å².